The normalized spacial score (nSPS) is 12.7. The Kier molecular flexibility index (Phi) is 2.70. The lowest BCUT2D eigenvalue weighted by Crippen LogP contribution is -2.30. The molecule has 78 valence electrons. The molecule has 0 fully saturated rings. The summed E-state index contributed by atoms with van der Waals surface area (Å²) in [5.41, 5.74) is 5.41. The number of rotatable bonds is 2. The first-order chi connectivity index (χ1) is 7.16. The maximum atomic E-state index is 11.2. The van der Waals surface area contributed by atoms with E-state index in [0.29, 0.717) is 5.06 Å². The summed E-state index contributed by atoms with van der Waals surface area (Å²) in [5, 5.41) is 1.67. The van der Waals surface area contributed by atoms with E-state index in [1.54, 1.807) is 6.92 Å². The minimum atomic E-state index is -0.588. The Balaban J connectivity index is 2.26. The molecular weight excluding hydrogens is 210 g/mol. The van der Waals surface area contributed by atoms with Gasteiger partial charge in [-0.05, 0) is 18.4 Å². The van der Waals surface area contributed by atoms with Crippen molar-refractivity contribution in [3.8, 4) is 5.06 Å². The van der Waals surface area contributed by atoms with Gasteiger partial charge in [-0.15, -0.1) is 0 Å². The van der Waals surface area contributed by atoms with Gasteiger partial charge in [0.05, 0.1) is 0 Å². The SMILES string of the molecule is C[C@H](N)C(=O)Oc1cc2ccccc2s1. The maximum Gasteiger partial charge on any atom is 0.328 e. The largest absolute Gasteiger partial charge is 0.414 e. The van der Waals surface area contributed by atoms with E-state index in [9.17, 15) is 4.79 Å². The number of hydrogen-bond donors (Lipinski definition) is 1. The quantitative estimate of drug-likeness (QED) is 0.790. The van der Waals surface area contributed by atoms with Crippen molar-refractivity contribution in [2.24, 2.45) is 5.73 Å². The molecule has 1 atom stereocenters. The van der Waals surface area contributed by atoms with Crippen molar-refractivity contribution in [1.29, 1.82) is 0 Å². The van der Waals surface area contributed by atoms with Crippen LogP contribution in [-0.2, 0) is 4.79 Å². The molecule has 0 saturated carbocycles. The molecule has 0 radical (unpaired) electrons. The molecule has 0 aliphatic heterocycles. The smallest absolute Gasteiger partial charge is 0.328 e. The van der Waals surface area contributed by atoms with Crippen LogP contribution in [-0.4, -0.2) is 12.0 Å². The molecule has 2 N–H and O–H groups in total. The van der Waals surface area contributed by atoms with E-state index in [2.05, 4.69) is 0 Å². The third kappa shape index (κ3) is 2.16. The lowest BCUT2D eigenvalue weighted by molar-refractivity contribution is -0.135. The van der Waals surface area contributed by atoms with Gasteiger partial charge in [0.2, 0.25) is 0 Å². The van der Waals surface area contributed by atoms with Gasteiger partial charge in [-0.1, -0.05) is 29.5 Å². The zero-order chi connectivity index (χ0) is 10.8. The number of hydrogen-bond acceptors (Lipinski definition) is 4. The molecule has 3 nitrogen and oxygen atoms in total. The predicted octanol–water partition coefficient (Wildman–Crippen LogP) is 2.15. The molecule has 0 amide bonds. The number of thiophene rings is 1. The molecule has 0 aliphatic carbocycles. The Morgan fingerprint density at radius 3 is 2.87 bits per heavy atom. The van der Waals surface area contributed by atoms with E-state index in [1.165, 1.54) is 11.3 Å². The van der Waals surface area contributed by atoms with Gasteiger partial charge >= 0.3 is 5.97 Å². The summed E-state index contributed by atoms with van der Waals surface area (Å²) in [6, 6.07) is 9.14. The summed E-state index contributed by atoms with van der Waals surface area (Å²) >= 11 is 1.44. The maximum absolute atomic E-state index is 11.2. The molecule has 1 aromatic heterocycles. The van der Waals surface area contributed by atoms with E-state index >= 15 is 0 Å². The van der Waals surface area contributed by atoms with Crippen LogP contribution in [0.1, 0.15) is 6.92 Å². The molecule has 0 unspecified atom stereocenters. The van der Waals surface area contributed by atoms with Crippen molar-refractivity contribution in [2.45, 2.75) is 13.0 Å². The summed E-state index contributed by atoms with van der Waals surface area (Å²) in [5.74, 6) is -0.401. The van der Waals surface area contributed by atoms with Crippen molar-refractivity contribution < 1.29 is 9.53 Å². The minimum absolute atomic E-state index is 0.401. The highest BCUT2D eigenvalue weighted by molar-refractivity contribution is 7.20. The van der Waals surface area contributed by atoms with Gasteiger partial charge in [0.15, 0.2) is 5.06 Å². The first kappa shape index (κ1) is 10.1. The van der Waals surface area contributed by atoms with Crippen LogP contribution in [0.2, 0.25) is 0 Å². The van der Waals surface area contributed by atoms with Crippen molar-refractivity contribution >= 4 is 27.4 Å². The number of carbonyl (C=O) groups excluding carboxylic acids is 1. The molecule has 15 heavy (non-hydrogen) atoms. The van der Waals surface area contributed by atoms with Crippen LogP contribution < -0.4 is 10.5 Å². The Hall–Kier alpha value is -1.39. The third-order valence-electron chi connectivity index (χ3n) is 1.98. The van der Waals surface area contributed by atoms with Gasteiger partial charge in [0.25, 0.3) is 0 Å². The van der Waals surface area contributed by atoms with Gasteiger partial charge in [-0.3, -0.25) is 0 Å². The highest BCUT2D eigenvalue weighted by atomic mass is 32.1. The Morgan fingerprint density at radius 2 is 2.20 bits per heavy atom. The van der Waals surface area contributed by atoms with Crippen molar-refractivity contribution in [1.82, 2.24) is 0 Å². The van der Waals surface area contributed by atoms with Crippen molar-refractivity contribution in [3.05, 3.63) is 30.3 Å². The van der Waals surface area contributed by atoms with Crippen LogP contribution >= 0.6 is 11.3 Å². The molecule has 2 rings (SSSR count). The second-order valence-corrected chi connectivity index (χ2v) is 4.36. The van der Waals surface area contributed by atoms with Crippen LogP contribution in [0.25, 0.3) is 10.1 Å². The van der Waals surface area contributed by atoms with Gasteiger partial charge in [-0.2, -0.15) is 0 Å². The van der Waals surface area contributed by atoms with E-state index in [4.69, 9.17) is 10.5 Å². The number of ether oxygens (including phenoxy) is 1. The summed E-state index contributed by atoms with van der Waals surface area (Å²) in [6.07, 6.45) is 0. The lowest BCUT2D eigenvalue weighted by atomic mass is 10.3. The zero-order valence-electron chi connectivity index (χ0n) is 8.27. The zero-order valence-corrected chi connectivity index (χ0v) is 9.08. The Morgan fingerprint density at radius 1 is 1.47 bits per heavy atom. The second-order valence-electron chi connectivity index (χ2n) is 3.31. The fraction of sp³-hybridized carbons (Fsp3) is 0.182. The summed E-state index contributed by atoms with van der Waals surface area (Å²) in [7, 11) is 0. The molecule has 1 heterocycles. The first-order valence-electron chi connectivity index (χ1n) is 4.62. The first-order valence-corrected chi connectivity index (χ1v) is 5.44. The molecule has 0 saturated heterocycles. The standard InChI is InChI=1S/C11H11NO2S/c1-7(12)11(13)14-10-6-8-4-2-3-5-9(8)15-10/h2-7H,12H2,1H3/t7-/m0/s1. The fourth-order valence-corrected chi connectivity index (χ4v) is 2.12. The summed E-state index contributed by atoms with van der Waals surface area (Å²) in [6.45, 7) is 1.61. The summed E-state index contributed by atoms with van der Waals surface area (Å²) < 4.78 is 6.22. The third-order valence-corrected chi connectivity index (χ3v) is 2.97. The van der Waals surface area contributed by atoms with Crippen molar-refractivity contribution in [2.75, 3.05) is 0 Å². The van der Waals surface area contributed by atoms with Gasteiger partial charge in [0, 0.05) is 10.8 Å². The number of nitrogens with two attached hydrogens (primary N) is 1. The molecule has 0 bridgehead atoms. The number of esters is 1. The van der Waals surface area contributed by atoms with E-state index in [-0.39, 0.29) is 0 Å². The number of carbonyl (C=O) groups is 1. The Labute approximate surface area is 91.5 Å². The Bertz CT molecular complexity index is 457. The lowest BCUT2D eigenvalue weighted by Gasteiger charge is -2.02. The highest BCUT2D eigenvalue weighted by Gasteiger charge is 2.11. The van der Waals surface area contributed by atoms with Crippen LogP contribution in [0, 0.1) is 0 Å². The summed E-state index contributed by atoms with van der Waals surface area (Å²) in [4.78, 5) is 11.2. The monoisotopic (exact) mass is 221 g/mol. The molecule has 1 aromatic carbocycles. The second kappa shape index (κ2) is 4.00. The van der Waals surface area contributed by atoms with Crippen LogP contribution in [0.5, 0.6) is 5.06 Å². The van der Waals surface area contributed by atoms with Crippen LogP contribution in [0.15, 0.2) is 30.3 Å². The van der Waals surface area contributed by atoms with Gasteiger partial charge < -0.3 is 10.5 Å². The van der Waals surface area contributed by atoms with Gasteiger partial charge in [-0.25, -0.2) is 4.79 Å². The average molecular weight is 221 g/mol. The minimum Gasteiger partial charge on any atom is -0.414 e. The predicted molar refractivity (Wildman–Crippen MR) is 61.1 cm³/mol. The molecule has 0 spiro atoms. The topological polar surface area (TPSA) is 52.3 Å². The number of benzene rings is 1. The van der Waals surface area contributed by atoms with Crippen LogP contribution in [0.3, 0.4) is 0 Å². The molecule has 2 aromatic rings. The van der Waals surface area contributed by atoms with Gasteiger partial charge in [0.1, 0.15) is 6.04 Å². The average Bonchev–Trinajstić information content (AvgIpc) is 2.59. The molecular formula is C11H11NO2S. The highest BCUT2D eigenvalue weighted by Crippen LogP contribution is 2.31. The molecule has 0 aliphatic rings. The van der Waals surface area contributed by atoms with E-state index in [1.807, 2.05) is 30.3 Å². The van der Waals surface area contributed by atoms with Crippen LogP contribution in [0.4, 0.5) is 0 Å². The molecule has 4 heteroatoms. The number of fused-ring (bicyclic) bond motifs is 1. The van der Waals surface area contributed by atoms with Crippen molar-refractivity contribution in [3.63, 3.8) is 0 Å². The van der Waals surface area contributed by atoms with E-state index in [0.717, 1.165) is 10.1 Å². The van der Waals surface area contributed by atoms with E-state index < -0.39 is 12.0 Å². The fourth-order valence-electron chi connectivity index (χ4n) is 1.20.